The van der Waals surface area contributed by atoms with Crippen molar-refractivity contribution in [2.24, 2.45) is 0 Å². The van der Waals surface area contributed by atoms with Crippen molar-refractivity contribution in [1.29, 1.82) is 0 Å². The van der Waals surface area contributed by atoms with Crippen LogP contribution in [0, 0.1) is 0 Å². The molecule has 2 aromatic carbocycles. The highest BCUT2D eigenvalue weighted by atomic mass is 16.5. The quantitative estimate of drug-likeness (QED) is 0.590. The number of hydrogen-bond acceptors (Lipinski definition) is 4. The van der Waals surface area contributed by atoms with Crippen LogP contribution in [0.4, 0.5) is 0 Å². The number of hydrogen-bond donors (Lipinski definition) is 2. The Balaban J connectivity index is 1.66. The summed E-state index contributed by atoms with van der Waals surface area (Å²) in [6.45, 7) is 14.8. The summed E-state index contributed by atoms with van der Waals surface area (Å²) in [6, 6.07) is 15.3. The monoisotopic (exact) mass is 454 g/mol. The third-order valence-corrected chi connectivity index (χ3v) is 5.19. The van der Waals surface area contributed by atoms with Crippen molar-refractivity contribution in [3.05, 3.63) is 59.7 Å². The van der Waals surface area contributed by atoms with E-state index >= 15 is 0 Å². The van der Waals surface area contributed by atoms with Crippen molar-refractivity contribution in [2.45, 2.75) is 65.3 Å². The molecule has 0 saturated carbocycles. The summed E-state index contributed by atoms with van der Waals surface area (Å²) in [7, 11) is 0. The second kappa shape index (κ2) is 11.2. The Bertz CT molecular complexity index is 907. The van der Waals surface area contributed by atoms with Crippen molar-refractivity contribution in [3.63, 3.8) is 0 Å². The van der Waals surface area contributed by atoms with Gasteiger partial charge in [-0.25, -0.2) is 0 Å². The van der Waals surface area contributed by atoms with Gasteiger partial charge in [0.2, 0.25) is 0 Å². The highest BCUT2D eigenvalue weighted by Gasteiger charge is 2.15. The van der Waals surface area contributed by atoms with Crippen LogP contribution in [0.3, 0.4) is 0 Å². The Kier molecular flexibility index (Phi) is 8.91. The highest BCUT2D eigenvalue weighted by Crippen LogP contribution is 2.25. The summed E-state index contributed by atoms with van der Waals surface area (Å²) < 4.78 is 11.1. The van der Waals surface area contributed by atoms with Gasteiger partial charge in [-0.3, -0.25) is 9.59 Å². The zero-order valence-electron chi connectivity index (χ0n) is 21.0. The van der Waals surface area contributed by atoms with Crippen LogP contribution in [0.2, 0.25) is 0 Å². The van der Waals surface area contributed by atoms with E-state index < -0.39 is 0 Å². The minimum absolute atomic E-state index is 0.0672. The minimum atomic E-state index is -0.244. The molecule has 0 aliphatic carbocycles. The minimum Gasteiger partial charge on any atom is -0.484 e. The number of ether oxygens (including phenoxy) is 2. The molecule has 6 heteroatoms. The van der Waals surface area contributed by atoms with E-state index in [1.165, 1.54) is 11.1 Å². The normalized spacial score (nSPS) is 12.6. The fraction of sp³-hybridized carbons (Fsp3) is 0.481. The Labute approximate surface area is 198 Å². The molecule has 33 heavy (non-hydrogen) atoms. The maximum absolute atomic E-state index is 12.1. The molecule has 0 bridgehead atoms. The van der Waals surface area contributed by atoms with Gasteiger partial charge in [-0.05, 0) is 53.1 Å². The number of nitrogens with one attached hydrogen (secondary N) is 2. The van der Waals surface area contributed by atoms with Gasteiger partial charge in [-0.15, -0.1) is 0 Å². The molecule has 0 fully saturated rings. The molecule has 0 unspecified atom stereocenters. The van der Waals surface area contributed by atoms with E-state index in [-0.39, 0.29) is 41.9 Å². The predicted molar refractivity (Wildman–Crippen MR) is 132 cm³/mol. The number of carbonyl (C=O) groups is 2. The second-order valence-electron chi connectivity index (χ2n) is 10.4. The van der Waals surface area contributed by atoms with Crippen LogP contribution in [0.25, 0.3) is 0 Å². The molecule has 2 N–H and O–H groups in total. The summed E-state index contributed by atoms with van der Waals surface area (Å²) in [4.78, 5) is 24.2. The molecule has 2 rings (SSSR count). The number of carbonyl (C=O) groups excluding carboxylic acids is 2. The molecule has 2 aromatic rings. The second-order valence-corrected chi connectivity index (χ2v) is 10.4. The standard InChI is InChI=1S/C27H38N2O4/c1-19(29-25(31)18-33-23-14-10-21(11-15-23)27(5,6)7)16-28-24(30)17-32-22-12-8-20(9-13-22)26(2,3)4/h8-15,19H,16-18H2,1-7H3,(H,28,30)(H,29,31)/t19-/m1/s1. The molecule has 0 saturated heterocycles. The first-order valence-electron chi connectivity index (χ1n) is 11.4. The van der Waals surface area contributed by atoms with E-state index in [0.29, 0.717) is 18.0 Å². The topological polar surface area (TPSA) is 76.7 Å². The first-order chi connectivity index (χ1) is 15.3. The predicted octanol–water partition coefficient (Wildman–Crippen LogP) is 4.36. The van der Waals surface area contributed by atoms with Gasteiger partial charge >= 0.3 is 0 Å². The van der Waals surface area contributed by atoms with E-state index in [2.05, 4.69) is 52.2 Å². The Morgan fingerprint density at radius 1 is 0.727 bits per heavy atom. The molecule has 0 spiro atoms. The van der Waals surface area contributed by atoms with Gasteiger partial charge in [-0.2, -0.15) is 0 Å². The van der Waals surface area contributed by atoms with E-state index in [1.54, 1.807) is 0 Å². The van der Waals surface area contributed by atoms with Crippen LogP contribution in [0.5, 0.6) is 11.5 Å². The third kappa shape index (κ3) is 9.16. The molecule has 0 aromatic heterocycles. The van der Waals surface area contributed by atoms with Gasteiger partial charge in [0.1, 0.15) is 11.5 Å². The van der Waals surface area contributed by atoms with Gasteiger partial charge in [0.15, 0.2) is 13.2 Å². The van der Waals surface area contributed by atoms with Crippen LogP contribution in [-0.4, -0.2) is 37.6 Å². The van der Waals surface area contributed by atoms with Crippen molar-refractivity contribution in [3.8, 4) is 11.5 Å². The van der Waals surface area contributed by atoms with Gasteiger partial charge in [0.05, 0.1) is 0 Å². The van der Waals surface area contributed by atoms with Gasteiger partial charge in [-0.1, -0.05) is 65.8 Å². The number of rotatable bonds is 9. The lowest BCUT2D eigenvalue weighted by Crippen LogP contribution is -2.44. The van der Waals surface area contributed by atoms with Gasteiger partial charge in [0.25, 0.3) is 11.8 Å². The largest absolute Gasteiger partial charge is 0.484 e. The Morgan fingerprint density at radius 2 is 1.12 bits per heavy atom. The maximum Gasteiger partial charge on any atom is 0.258 e. The zero-order chi connectivity index (χ0) is 24.6. The Morgan fingerprint density at radius 3 is 1.52 bits per heavy atom. The molecular formula is C27H38N2O4. The lowest BCUT2D eigenvalue weighted by Gasteiger charge is -2.19. The van der Waals surface area contributed by atoms with Crippen molar-refractivity contribution >= 4 is 11.8 Å². The summed E-state index contributed by atoms with van der Waals surface area (Å²) in [5.41, 5.74) is 2.54. The van der Waals surface area contributed by atoms with Crippen LogP contribution in [0.15, 0.2) is 48.5 Å². The lowest BCUT2D eigenvalue weighted by atomic mass is 9.87. The van der Waals surface area contributed by atoms with Crippen LogP contribution >= 0.6 is 0 Å². The zero-order valence-corrected chi connectivity index (χ0v) is 21.0. The lowest BCUT2D eigenvalue weighted by molar-refractivity contribution is -0.125. The number of benzene rings is 2. The summed E-state index contributed by atoms with van der Waals surface area (Å²) in [6.07, 6.45) is 0. The SMILES string of the molecule is C[C@H](CNC(=O)COc1ccc(C(C)(C)C)cc1)NC(=O)COc1ccc(C(C)(C)C)cc1. The van der Waals surface area contributed by atoms with Crippen LogP contribution in [-0.2, 0) is 20.4 Å². The summed E-state index contributed by atoms with van der Waals surface area (Å²) in [5, 5.41) is 5.58. The molecule has 2 amide bonds. The van der Waals surface area contributed by atoms with Crippen molar-refractivity contribution in [2.75, 3.05) is 19.8 Å². The molecular weight excluding hydrogens is 416 g/mol. The molecule has 0 aliphatic rings. The average Bonchev–Trinajstić information content (AvgIpc) is 2.74. The fourth-order valence-corrected chi connectivity index (χ4v) is 3.09. The fourth-order valence-electron chi connectivity index (χ4n) is 3.09. The van der Waals surface area contributed by atoms with Crippen LogP contribution in [0.1, 0.15) is 59.6 Å². The molecule has 0 radical (unpaired) electrons. The number of amides is 2. The first kappa shape index (κ1) is 26.2. The molecule has 1 atom stereocenters. The summed E-state index contributed by atoms with van der Waals surface area (Å²) in [5.74, 6) is 0.803. The maximum atomic E-state index is 12.1. The first-order valence-corrected chi connectivity index (χ1v) is 11.4. The van der Waals surface area contributed by atoms with E-state index in [1.807, 2.05) is 55.5 Å². The van der Waals surface area contributed by atoms with E-state index in [9.17, 15) is 9.59 Å². The molecule has 180 valence electrons. The molecule has 6 nitrogen and oxygen atoms in total. The molecule has 0 heterocycles. The smallest absolute Gasteiger partial charge is 0.258 e. The Hall–Kier alpha value is -3.02. The van der Waals surface area contributed by atoms with E-state index in [4.69, 9.17) is 9.47 Å². The van der Waals surface area contributed by atoms with Crippen molar-refractivity contribution < 1.29 is 19.1 Å². The van der Waals surface area contributed by atoms with Gasteiger partial charge < -0.3 is 20.1 Å². The third-order valence-electron chi connectivity index (χ3n) is 5.19. The molecule has 0 aliphatic heterocycles. The average molecular weight is 455 g/mol. The van der Waals surface area contributed by atoms with Gasteiger partial charge in [0, 0.05) is 12.6 Å². The van der Waals surface area contributed by atoms with Crippen LogP contribution < -0.4 is 20.1 Å². The summed E-state index contributed by atoms with van der Waals surface area (Å²) >= 11 is 0. The van der Waals surface area contributed by atoms with E-state index in [0.717, 1.165) is 0 Å². The van der Waals surface area contributed by atoms with Crippen molar-refractivity contribution in [1.82, 2.24) is 10.6 Å². The highest BCUT2D eigenvalue weighted by molar-refractivity contribution is 5.79.